The summed E-state index contributed by atoms with van der Waals surface area (Å²) in [6.07, 6.45) is 0.955. The summed E-state index contributed by atoms with van der Waals surface area (Å²) in [4.78, 5) is 47.9. The van der Waals surface area contributed by atoms with Gasteiger partial charge in [-0.3, -0.25) is 9.59 Å². The molecule has 0 heterocycles. The van der Waals surface area contributed by atoms with Gasteiger partial charge in [0, 0.05) is 25.2 Å². The van der Waals surface area contributed by atoms with E-state index in [2.05, 4.69) is 10.6 Å². The lowest BCUT2D eigenvalue weighted by Gasteiger charge is -2.13. The van der Waals surface area contributed by atoms with E-state index in [1.165, 1.54) is 13.8 Å². The van der Waals surface area contributed by atoms with Gasteiger partial charge in [0.2, 0.25) is 0 Å². The van der Waals surface area contributed by atoms with Gasteiger partial charge in [-0.15, -0.1) is 0 Å². The van der Waals surface area contributed by atoms with Gasteiger partial charge in [0.15, 0.2) is 12.2 Å². The van der Waals surface area contributed by atoms with Crippen molar-refractivity contribution in [3.63, 3.8) is 0 Å². The van der Waals surface area contributed by atoms with Crippen LogP contribution in [0.1, 0.15) is 25.0 Å². The highest BCUT2D eigenvalue weighted by Crippen LogP contribution is 2.01. The molecule has 2 amide bonds. The molecule has 0 radical (unpaired) electrons. The van der Waals surface area contributed by atoms with Gasteiger partial charge in [-0.1, -0.05) is 60.7 Å². The first-order valence-electron chi connectivity index (χ1n) is 11.1. The second kappa shape index (κ2) is 14.3. The van der Waals surface area contributed by atoms with Gasteiger partial charge < -0.3 is 20.1 Å². The molecule has 0 aliphatic carbocycles. The Balaban J connectivity index is 1.64. The van der Waals surface area contributed by atoms with Crippen LogP contribution < -0.4 is 10.6 Å². The van der Waals surface area contributed by atoms with Crippen molar-refractivity contribution in [3.05, 3.63) is 83.9 Å². The zero-order chi connectivity index (χ0) is 24.8. The highest BCUT2D eigenvalue weighted by Gasteiger charge is 2.18. The van der Waals surface area contributed by atoms with Crippen molar-refractivity contribution >= 4 is 23.8 Å². The molecule has 0 aliphatic rings. The quantitative estimate of drug-likeness (QED) is 0.366. The monoisotopic (exact) mass is 466 g/mol. The van der Waals surface area contributed by atoms with E-state index < -0.39 is 36.0 Å². The molecule has 0 unspecified atom stereocenters. The highest BCUT2D eigenvalue weighted by molar-refractivity contribution is 5.94. The van der Waals surface area contributed by atoms with E-state index in [0.29, 0.717) is 25.9 Å². The molecule has 8 heteroatoms. The maximum atomic E-state index is 12.1. The van der Waals surface area contributed by atoms with Crippen LogP contribution in [0.2, 0.25) is 0 Å². The van der Waals surface area contributed by atoms with Crippen molar-refractivity contribution in [2.75, 3.05) is 13.1 Å². The fraction of sp³-hybridized carbons (Fsp3) is 0.308. The Morgan fingerprint density at radius 1 is 0.676 bits per heavy atom. The molecule has 0 aromatic heterocycles. The molecule has 0 fully saturated rings. The van der Waals surface area contributed by atoms with Crippen molar-refractivity contribution in [1.82, 2.24) is 10.6 Å². The van der Waals surface area contributed by atoms with Gasteiger partial charge in [-0.2, -0.15) is 0 Å². The van der Waals surface area contributed by atoms with Crippen molar-refractivity contribution < 1.29 is 28.7 Å². The first kappa shape index (κ1) is 26.3. The Hall–Kier alpha value is -3.94. The van der Waals surface area contributed by atoms with E-state index in [0.717, 1.165) is 23.3 Å². The highest BCUT2D eigenvalue weighted by atomic mass is 16.6. The van der Waals surface area contributed by atoms with Crippen LogP contribution in [-0.4, -0.2) is 49.1 Å². The summed E-state index contributed by atoms with van der Waals surface area (Å²) in [5, 5.41) is 5.38. The topological polar surface area (TPSA) is 111 Å². The summed E-state index contributed by atoms with van der Waals surface area (Å²) < 4.78 is 9.98. The molecule has 2 N–H and O–H groups in total. The minimum atomic E-state index is -1.03. The Labute approximate surface area is 199 Å². The van der Waals surface area contributed by atoms with Gasteiger partial charge in [0.1, 0.15) is 0 Å². The van der Waals surface area contributed by atoms with Gasteiger partial charge in [0.05, 0.1) is 0 Å². The number of hydrogen-bond donors (Lipinski definition) is 2. The molecule has 0 saturated carbocycles. The second-order valence-corrected chi connectivity index (χ2v) is 7.54. The fourth-order valence-electron chi connectivity index (χ4n) is 2.91. The third-order valence-corrected chi connectivity index (χ3v) is 4.79. The van der Waals surface area contributed by atoms with Gasteiger partial charge in [-0.25, -0.2) is 9.59 Å². The average Bonchev–Trinajstić information content (AvgIpc) is 2.84. The normalized spacial score (nSPS) is 12.4. The Bertz CT molecular complexity index is 896. The Morgan fingerprint density at radius 3 is 1.38 bits per heavy atom. The van der Waals surface area contributed by atoms with E-state index in [1.807, 2.05) is 60.7 Å². The third-order valence-electron chi connectivity index (χ3n) is 4.79. The van der Waals surface area contributed by atoms with Crippen LogP contribution in [-0.2, 0) is 41.5 Å². The summed E-state index contributed by atoms with van der Waals surface area (Å²) >= 11 is 0. The third kappa shape index (κ3) is 10.1. The lowest BCUT2D eigenvalue weighted by Crippen LogP contribution is -2.37. The maximum absolute atomic E-state index is 12.1. The molecule has 180 valence electrons. The van der Waals surface area contributed by atoms with Gasteiger partial charge in [0.25, 0.3) is 11.8 Å². The largest absolute Gasteiger partial charge is 0.449 e. The Kier molecular flexibility index (Phi) is 11.0. The van der Waals surface area contributed by atoms with Gasteiger partial charge >= 0.3 is 11.9 Å². The molecule has 34 heavy (non-hydrogen) atoms. The minimum absolute atomic E-state index is 0.401. The molecule has 0 aliphatic heterocycles. The van der Waals surface area contributed by atoms with Crippen molar-refractivity contribution in [3.8, 4) is 0 Å². The van der Waals surface area contributed by atoms with E-state index in [9.17, 15) is 19.2 Å². The number of carbonyl (C=O) groups is 4. The second-order valence-electron chi connectivity index (χ2n) is 7.54. The number of amides is 2. The fourth-order valence-corrected chi connectivity index (χ4v) is 2.91. The van der Waals surface area contributed by atoms with Gasteiger partial charge in [-0.05, 0) is 37.8 Å². The number of carbonyl (C=O) groups excluding carboxylic acids is 4. The minimum Gasteiger partial charge on any atom is -0.449 e. The van der Waals surface area contributed by atoms with Crippen LogP contribution in [0.25, 0.3) is 0 Å². The van der Waals surface area contributed by atoms with Crippen LogP contribution >= 0.6 is 0 Å². The Morgan fingerprint density at radius 2 is 1.03 bits per heavy atom. The van der Waals surface area contributed by atoms with Crippen LogP contribution in [0, 0.1) is 0 Å². The number of benzene rings is 2. The molecule has 2 aromatic carbocycles. The van der Waals surface area contributed by atoms with Crippen molar-refractivity contribution in [2.24, 2.45) is 0 Å². The maximum Gasteiger partial charge on any atom is 0.331 e. The molecular formula is C26H30N2O6. The standard InChI is InChI=1S/C26H30N2O6/c1-19(25(31)27-17-15-21-9-5-3-6-10-21)33-23(29)13-14-24(30)34-20(2)26(32)28-18-16-22-11-7-4-8-12-22/h3-14,19-20H,15-18H2,1-2H3,(H,27,31)(H,28,32)/b14-13+/t19-,20-/m0/s1. The number of rotatable bonds is 12. The van der Waals surface area contributed by atoms with Crippen LogP contribution in [0.15, 0.2) is 72.8 Å². The van der Waals surface area contributed by atoms with Crippen LogP contribution in [0.5, 0.6) is 0 Å². The first-order valence-corrected chi connectivity index (χ1v) is 11.1. The molecule has 8 nitrogen and oxygen atoms in total. The van der Waals surface area contributed by atoms with Crippen LogP contribution in [0.3, 0.4) is 0 Å². The molecule has 2 rings (SSSR count). The molecule has 2 aromatic rings. The summed E-state index contributed by atoms with van der Waals surface area (Å²) in [5.41, 5.74) is 2.15. The molecule has 0 spiro atoms. The summed E-state index contributed by atoms with van der Waals surface area (Å²) in [6, 6.07) is 19.3. The number of hydrogen-bond acceptors (Lipinski definition) is 6. The van der Waals surface area contributed by atoms with Crippen LogP contribution in [0.4, 0.5) is 0 Å². The SMILES string of the molecule is C[C@H](OC(=O)/C=C/C(=O)O[C@@H](C)C(=O)NCCc1ccccc1)C(=O)NCCc1ccccc1. The molecule has 0 bridgehead atoms. The number of nitrogens with one attached hydrogen (secondary N) is 2. The predicted molar refractivity (Wildman–Crippen MR) is 127 cm³/mol. The average molecular weight is 467 g/mol. The van der Waals surface area contributed by atoms with E-state index in [1.54, 1.807) is 0 Å². The van der Waals surface area contributed by atoms with Crippen molar-refractivity contribution in [1.29, 1.82) is 0 Å². The van der Waals surface area contributed by atoms with E-state index in [4.69, 9.17) is 9.47 Å². The summed E-state index contributed by atoms with van der Waals surface area (Å²) in [5.74, 6) is -2.63. The smallest absolute Gasteiger partial charge is 0.331 e. The molecule has 0 saturated heterocycles. The molecule has 2 atom stereocenters. The van der Waals surface area contributed by atoms with E-state index in [-0.39, 0.29) is 0 Å². The summed E-state index contributed by atoms with van der Waals surface area (Å²) in [7, 11) is 0. The zero-order valence-electron chi connectivity index (χ0n) is 19.4. The lowest BCUT2D eigenvalue weighted by molar-refractivity contribution is -0.151. The van der Waals surface area contributed by atoms with Crippen molar-refractivity contribution in [2.45, 2.75) is 38.9 Å². The number of esters is 2. The molecular weight excluding hydrogens is 436 g/mol. The first-order chi connectivity index (χ1) is 16.3. The lowest BCUT2D eigenvalue weighted by atomic mass is 10.1. The van der Waals surface area contributed by atoms with E-state index >= 15 is 0 Å². The summed E-state index contributed by atoms with van der Waals surface area (Å²) in [6.45, 7) is 3.67. The predicted octanol–water partition coefficient (Wildman–Crippen LogP) is 2.12. The number of ether oxygens (including phenoxy) is 2. The zero-order valence-corrected chi connectivity index (χ0v) is 19.4.